The van der Waals surface area contributed by atoms with Crippen molar-refractivity contribution >= 4 is 17.7 Å². The third kappa shape index (κ3) is 3.70. The number of aromatic nitrogens is 3. The molecule has 3 heterocycles. The van der Waals surface area contributed by atoms with Gasteiger partial charge in [0.25, 0.3) is 5.91 Å². The molecule has 1 N–H and O–H groups in total. The Kier molecular flexibility index (Phi) is 5.11. The number of nitrogens with zero attached hydrogens (tertiary/aromatic N) is 5. The highest BCUT2D eigenvalue weighted by Crippen LogP contribution is 2.29. The van der Waals surface area contributed by atoms with E-state index in [2.05, 4.69) is 20.2 Å². The van der Waals surface area contributed by atoms with Crippen LogP contribution in [0.2, 0.25) is 0 Å². The molecule has 1 aliphatic rings. The summed E-state index contributed by atoms with van der Waals surface area (Å²) in [6, 6.07) is 5.67. The molecule has 132 valence electrons. The number of hydrogen-bond acceptors (Lipinski definition) is 6. The molecule has 2 aromatic heterocycles. The topological polar surface area (TPSA) is 74.2 Å². The van der Waals surface area contributed by atoms with E-state index in [1.165, 1.54) is 0 Å². The van der Waals surface area contributed by atoms with Crippen molar-refractivity contribution in [2.45, 2.75) is 18.8 Å². The monoisotopic (exact) mass is 340 g/mol. The number of carbonyl (C=O) groups excluding carboxylic acids is 1. The summed E-state index contributed by atoms with van der Waals surface area (Å²) < 4.78 is 0. The van der Waals surface area contributed by atoms with Crippen LogP contribution in [0, 0.1) is 0 Å². The molecule has 7 nitrogen and oxygen atoms in total. The molecule has 0 bridgehead atoms. The van der Waals surface area contributed by atoms with Crippen molar-refractivity contribution in [2.75, 3.05) is 44.0 Å². The highest BCUT2D eigenvalue weighted by molar-refractivity contribution is 5.98. The van der Waals surface area contributed by atoms with E-state index in [0.29, 0.717) is 17.3 Å². The standard InChI is InChI=1S/C18H24N6O/c1-19-17(25)14-7-8-15(22-16(14)23(2)3)13-6-4-11-24(12-13)18-20-9-5-10-21-18/h5,7-10,13H,4,6,11-12H2,1-3H3,(H,19,25). The maximum Gasteiger partial charge on any atom is 0.254 e. The largest absolute Gasteiger partial charge is 0.362 e. The van der Waals surface area contributed by atoms with E-state index in [9.17, 15) is 4.79 Å². The Labute approximate surface area is 148 Å². The molecule has 0 aliphatic carbocycles. The van der Waals surface area contributed by atoms with Crippen LogP contribution in [0.1, 0.15) is 34.8 Å². The van der Waals surface area contributed by atoms with Crippen LogP contribution in [0.15, 0.2) is 30.6 Å². The van der Waals surface area contributed by atoms with Gasteiger partial charge in [-0.2, -0.15) is 0 Å². The first kappa shape index (κ1) is 17.1. The summed E-state index contributed by atoms with van der Waals surface area (Å²) in [5.41, 5.74) is 1.60. The van der Waals surface area contributed by atoms with Crippen molar-refractivity contribution in [1.29, 1.82) is 0 Å². The van der Waals surface area contributed by atoms with E-state index in [1.54, 1.807) is 19.4 Å². The van der Waals surface area contributed by atoms with Crippen LogP contribution in [-0.4, -0.2) is 55.1 Å². The average Bonchev–Trinajstić information content (AvgIpc) is 2.67. The SMILES string of the molecule is CNC(=O)c1ccc(C2CCCN(c3ncccn3)C2)nc1N(C)C. The molecule has 1 fully saturated rings. The number of pyridine rings is 1. The molecule has 1 saturated heterocycles. The van der Waals surface area contributed by atoms with Crippen LogP contribution in [0.3, 0.4) is 0 Å². The summed E-state index contributed by atoms with van der Waals surface area (Å²) in [4.78, 5) is 29.7. The minimum absolute atomic E-state index is 0.120. The van der Waals surface area contributed by atoms with Crippen LogP contribution >= 0.6 is 0 Å². The maximum atomic E-state index is 12.1. The van der Waals surface area contributed by atoms with Gasteiger partial charge in [-0.1, -0.05) is 0 Å². The summed E-state index contributed by atoms with van der Waals surface area (Å²) in [6.07, 6.45) is 5.68. The second kappa shape index (κ2) is 7.46. The van der Waals surface area contributed by atoms with Gasteiger partial charge in [0.15, 0.2) is 0 Å². The van der Waals surface area contributed by atoms with Gasteiger partial charge in [0, 0.05) is 58.2 Å². The van der Waals surface area contributed by atoms with Crippen LogP contribution in [0.4, 0.5) is 11.8 Å². The van der Waals surface area contributed by atoms with Crippen molar-refractivity contribution in [3.63, 3.8) is 0 Å². The van der Waals surface area contributed by atoms with Crippen LogP contribution in [-0.2, 0) is 0 Å². The highest BCUT2D eigenvalue weighted by atomic mass is 16.1. The minimum Gasteiger partial charge on any atom is -0.362 e. The lowest BCUT2D eigenvalue weighted by Crippen LogP contribution is -2.36. The van der Waals surface area contributed by atoms with Crippen LogP contribution in [0.5, 0.6) is 0 Å². The molecule has 2 aromatic rings. The predicted molar refractivity (Wildman–Crippen MR) is 98.2 cm³/mol. The van der Waals surface area contributed by atoms with Gasteiger partial charge in [0.2, 0.25) is 5.95 Å². The van der Waals surface area contributed by atoms with Crippen molar-refractivity contribution in [2.24, 2.45) is 0 Å². The molecule has 3 rings (SSSR count). The van der Waals surface area contributed by atoms with Crippen LogP contribution in [0.25, 0.3) is 0 Å². The molecule has 1 unspecified atom stereocenters. The van der Waals surface area contributed by atoms with Crippen molar-refractivity contribution in [3.8, 4) is 0 Å². The van der Waals surface area contributed by atoms with Gasteiger partial charge in [-0.05, 0) is 31.0 Å². The Morgan fingerprint density at radius 2 is 2.04 bits per heavy atom. The first-order valence-corrected chi connectivity index (χ1v) is 8.52. The molecule has 0 aromatic carbocycles. The molecule has 1 atom stereocenters. The second-order valence-electron chi connectivity index (χ2n) is 6.41. The van der Waals surface area contributed by atoms with E-state index in [4.69, 9.17) is 4.98 Å². The van der Waals surface area contributed by atoms with Gasteiger partial charge >= 0.3 is 0 Å². The van der Waals surface area contributed by atoms with Gasteiger partial charge in [-0.3, -0.25) is 4.79 Å². The maximum absolute atomic E-state index is 12.1. The molecule has 1 aliphatic heterocycles. The number of carbonyl (C=O) groups is 1. The molecule has 25 heavy (non-hydrogen) atoms. The smallest absolute Gasteiger partial charge is 0.254 e. The van der Waals surface area contributed by atoms with Crippen molar-refractivity contribution in [3.05, 3.63) is 41.9 Å². The Hall–Kier alpha value is -2.70. The summed E-state index contributed by atoms with van der Waals surface area (Å²) in [5.74, 6) is 1.65. The Morgan fingerprint density at radius 1 is 1.28 bits per heavy atom. The lowest BCUT2D eigenvalue weighted by atomic mass is 9.94. The first-order chi connectivity index (χ1) is 12.1. The molecular formula is C18H24N6O. The zero-order chi connectivity index (χ0) is 17.8. The highest BCUT2D eigenvalue weighted by Gasteiger charge is 2.25. The third-order valence-corrected chi connectivity index (χ3v) is 4.47. The molecule has 1 amide bonds. The Morgan fingerprint density at radius 3 is 2.72 bits per heavy atom. The minimum atomic E-state index is -0.120. The van der Waals surface area contributed by atoms with Gasteiger partial charge in [-0.15, -0.1) is 0 Å². The fourth-order valence-electron chi connectivity index (χ4n) is 3.20. The van der Waals surface area contributed by atoms with E-state index < -0.39 is 0 Å². The van der Waals surface area contributed by atoms with Gasteiger partial charge in [0.1, 0.15) is 5.82 Å². The zero-order valence-electron chi connectivity index (χ0n) is 14.9. The normalized spacial score (nSPS) is 17.2. The lowest BCUT2D eigenvalue weighted by molar-refractivity contribution is 0.0963. The molecule has 0 radical (unpaired) electrons. The Balaban J connectivity index is 1.86. The molecule has 0 spiro atoms. The number of anilines is 2. The Bertz CT molecular complexity index is 734. The summed E-state index contributed by atoms with van der Waals surface area (Å²) >= 11 is 0. The van der Waals surface area contributed by atoms with Crippen molar-refractivity contribution < 1.29 is 4.79 Å². The van der Waals surface area contributed by atoms with E-state index >= 15 is 0 Å². The van der Waals surface area contributed by atoms with Gasteiger partial charge < -0.3 is 15.1 Å². The predicted octanol–water partition coefficient (Wildman–Crippen LogP) is 1.68. The van der Waals surface area contributed by atoms with E-state index in [0.717, 1.165) is 37.6 Å². The average molecular weight is 340 g/mol. The van der Waals surface area contributed by atoms with Gasteiger partial charge in [0.05, 0.1) is 5.56 Å². The summed E-state index contributed by atoms with van der Waals surface area (Å²) in [5, 5.41) is 2.67. The van der Waals surface area contributed by atoms with Crippen LogP contribution < -0.4 is 15.1 Å². The number of piperidine rings is 1. The van der Waals surface area contributed by atoms with Gasteiger partial charge in [-0.25, -0.2) is 15.0 Å². The summed E-state index contributed by atoms with van der Waals surface area (Å²) in [7, 11) is 5.45. The number of hydrogen-bond donors (Lipinski definition) is 1. The first-order valence-electron chi connectivity index (χ1n) is 8.52. The molecule has 0 saturated carbocycles. The fourth-order valence-corrected chi connectivity index (χ4v) is 3.20. The quantitative estimate of drug-likeness (QED) is 0.913. The van der Waals surface area contributed by atoms with E-state index in [1.807, 2.05) is 37.2 Å². The lowest BCUT2D eigenvalue weighted by Gasteiger charge is -2.32. The second-order valence-corrected chi connectivity index (χ2v) is 6.41. The molecule has 7 heteroatoms. The molecular weight excluding hydrogens is 316 g/mol. The summed E-state index contributed by atoms with van der Waals surface area (Å²) in [6.45, 7) is 1.79. The third-order valence-electron chi connectivity index (χ3n) is 4.47. The zero-order valence-corrected chi connectivity index (χ0v) is 14.9. The fraction of sp³-hybridized carbons (Fsp3) is 0.444. The number of amides is 1. The van der Waals surface area contributed by atoms with E-state index in [-0.39, 0.29) is 5.91 Å². The number of rotatable bonds is 4. The van der Waals surface area contributed by atoms with Crippen molar-refractivity contribution in [1.82, 2.24) is 20.3 Å². The number of nitrogens with one attached hydrogen (secondary N) is 1.